The number of para-hydroxylation sites is 2. The molecule has 8 heteroatoms. The first-order chi connectivity index (χ1) is 15.7. The molecular formula is C24H18FN5O2. The first-order valence-electron chi connectivity index (χ1n) is 10.0. The minimum atomic E-state index is -0.443. The van der Waals surface area contributed by atoms with Gasteiger partial charge in [-0.3, -0.25) is 9.78 Å². The van der Waals surface area contributed by atoms with Crippen LogP contribution in [0.25, 0.3) is 22.4 Å². The zero-order valence-corrected chi connectivity index (χ0v) is 16.9. The highest BCUT2D eigenvalue weighted by atomic mass is 19.1. The van der Waals surface area contributed by atoms with Gasteiger partial charge < -0.3 is 14.4 Å². The van der Waals surface area contributed by atoms with E-state index >= 15 is 0 Å². The van der Waals surface area contributed by atoms with Crippen molar-refractivity contribution in [1.82, 2.24) is 25.0 Å². The molecule has 5 rings (SSSR count). The number of nitrogens with zero attached hydrogens (tertiary/aromatic N) is 4. The number of hydrogen-bond acceptors (Lipinski definition) is 5. The molecule has 0 aliphatic rings. The molecule has 3 heterocycles. The van der Waals surface area contributed by atoms with Gasteiger partial charge in [-0.25, -0.2) is 9.37 Å². The van der Waals surface area contributed by atoms with Crippen LogP contribution in [0.4, 0.5) is 4.39 Å². The van der Waals surface area contributed by atoms with Gasteiger partial charge in [-0.1, -0.05) is 29.4 Å². The van der Waals surface area contributed by atoms with Gasteiger partial charge >= 0.3 is 0 Å². The Morgan fingerprint density at radius 3 is 2.66 bits per heavy atom. The van der Waals surface area contributed by atoms with Gasteiger partial charge in [-0.05, 0) is 42.0 Å². The van der Waals surface area contributed by atoms with E-state index < -0.39 is 11.9 Å². The van der Waals surface area contributed by atoms with Crippen LogP contribution >= 0.6 is 0 Å². The summed E-state index contributed by atoms with van der Waals surface area (Å²) in [6, 6.07) is 18.5. The standard InChI is InChI=1S/C24H18FN5O2/c25-18-7-5-16(6-8-18)21(14-30-15-27-19-3-1-2-4-22(19)30)28-24(31)20-13-23(32-29-20)17-9-11-26-12-10-17/h1-13,15,21H,14H2,(H,28,31). The largest absolute Gasteiger partial charge is 0.355 e. The second-order valence-corrected chi connectivity index (χ2v) is 7.28. The summed E-state index contributed by atoms with van der Waals surface area (Å²) in [7, 11) is 0. The molecule has 1 unspecified atom stereocenters. The number of pyridine rings is 1. The molecule has 0 saturated carbocycles. The Morgan fingerprint density at radius 2 is 1.84 bits per heavy atom. The molecule has 5 aromatic rings. The van der Waals surface area contributed by atoms with E-state index in [2.05, 4.69) is 20.4 Å². The van der Waals surface area contributed by atoms with Crippen LogP contribution in [0.1, 0.15) is 22.1 Å². The summed E-state index contributed by atoms with van der Waals surface area (Å²) < 4.78 is 20.8. The van der Waals surface area contributed by atoms with Gasteiger partial charge in [0.15, 0.2) is 11.5 Å². The Kier molecular flexibility index (Phi) is 5.17. The van der Waals surface area contributed by atoms with Crippen LogP contribution in [-0.4, -0.2) is 25.6 Å². The number of amides is 1. The van der Waals surface area contributed by atoms with E-state index in [1.165, 1.54) is 12.1 Å². The Hall–Kier alpha value is -4.33. The molecule has 1 atom stereocenters. The van der Waals surface area contributed by atoms with Gasteiger partial charge in [0.1, 0.15) is 5.82 Å². The monoisotopic (exact) mass is 427 g/mol. The number of fused-ring (bicyclic) bond motifs is 1. The van der Waals surface area contributed by atoms with Gasteiger partial charge in [-0.2, -0.15) is 0 Å². The van der Waals surface area contributed by atoms with Crippen LogP contribution in [0.5, 0.6) is 0 Å². The fourth-order valence-electron chi connectivity index (χ4n) is 3.55. The maximum absolute atomic E-state index is 13.5. The van der Waals surface area contributed by atoms with Crippen LogP contribution in [0.15, 0.2) is 90.0 Å². The molecule has 7 nitrogen and oxygen atoms in total. The van der Waals surface area contributed by atoms with Gasteiger partial charge in [0.05, 0.1) is 23.4 Å². The van der Waals surface area contributed by atoms with Crippen LogP contribution in [-0.2, 0) is 6.54 Å². The lowest BCUT2D eigenvalue weighted by molar-refractivity contribution is 0.0924. The van der Waals surface area contributed by atoms with Crippen LogP contribution < -0.4 is 5.32 Å². The lowest BCUT2D eigenvalue weighted by Gasteiger charge is -2.20. The fourth-order valence-corrected chi connectivity index (χ4v) is 3.55. The SMILES string of the molecule is O=C(NC(Cn1cnc2ccccc21)c1ccc(F)cc1)c1cc(-c2ccncc2)on1. The second-order valence-electron chi connectivity index (χ2n) is 7.28. The third-order valence-corrected chi connectivity index (χ3v) is 5.19. The number of carbonyl (C=O) groups excluding carboxylic acids is 1. The van der Waals surface area contributed by atoms with Crippen molar-refractivity contribution in [2.45, 2.75) is 12.6 Å². The van der Waals surface area contributed by atoms with Crippen molar-refractivity contribution in [2.24, 2.45) is 0 Å². The summed E-state index contributed by atoms with van der Waals surface area (Å²) in [4.78, 5) is 21.4. The van der Waals surface area contributed by atoms with Gasteiger partial charge in [0, 0.05) is 30.6 Å². The van der Waals surface area contributed by atoms with E-state index in [0.717, 1.165) is 22.2 Å². The Bertz CT molecular complexity index is 1360. The van der Waals surface area contributed by atoms with Crippen molar-refractivity contribution in [3.05, 3.63) is 103 Å². The molecule has 32 heavy (non-hydrogen) atoms. The van der Waals surface area contributed by atoms with Crippen LogP contribution in [0.3, 0.4) is 0 Å². The lowest BCUT2D eigenvalue weighted by Crippen LogP contribution is -2.31. The Balaban J connectivity index is 1.42. The molecule has 0 saturated heterocycles. The fraction of sp³-hybridized carbons (Fsp3) is 0.0833. The molecule has 3 aromatic heterocycles. The zero-order valence-electron chi connectivity index (χ0n) is 16.9. The van der Waals surface area contributed by atoms with Gasteiger partial charge in [0.2, 0.25) is 0 Å². The Labute approximate surface area is 182 Å². The average molecular weight is 427 g/mol. The maximum atomic E-state index is 13.5. The first-order valence-corrected chi connectivity index (χ1v) is 10.0. The van der Waals surface area contributed by atoms with Gasteiger partial charge in [-0.15, -0.1) is 0 Å². The summed E-state index contributed by atoms with van der Waals surface area (Å²) in [6.45, 7) is 0.410. The predicted molar refractivity (Wildman–Crippen MR) is 116 cm³/mol. The summed E-state index contributed by atoms with van der Waals surface area (Å²) in [5, 5.41) is 6.91. The first kappa shape index (κ1) is 19.6. The quantitative estimate of drug-likeness (QED) is 0.434. The molecule has 0 fully saturated rings. The number of benzene rings is 2. The highest BCUT2D eigenvalue weighted by Crippen LogP contribution is 2.22. The van der Waals surface area contributed by atoms with Crippen molar-refractivity contribution in [1.29, 1.82) is 0 Å². The zero-order chi connectivity index (χ0) is 21.9. The lowest BCUT2D eigenvalue weighted by atomic mass is 10.1. The number of halogens is 1. The minimum absolute atomic E-state index is 0.152. The number of hydrogen-bond donors (Lipinski definition) is 1. The van der Waals surface area contributed by atoms with E-state index in [4.69, 9.17) is 4.52 Å². The van der Waals surface area contributed by atoms with Crippen molar-refractivity contribution >= 4 is 16.9 Å². The summed E-state index contributed by atoms with van der Waals surface area (Å²) in [5.41, 5.74) is 3.48. The van der Waals surface area contributed by atoms with Crippen molar-refractivity contribution in [3.63, 3.8) is 0 Å². The van der Waals surface area contributed by atoms with E-state index in [0.29, 0.717) is 12.3 Å². The number of carbonyl (C=O) groups is 1. The smallest absolute Gasteiger partial charge is 0.274 e. The highest BCUT2D eigenvalue weighted by Gasteiger charge is 2.20. The van der Waals surface area contributed by atoms with Crippen molar-refractivity contribution in [2.75, 3.05) is 0 Å². The number of rotatable bonds is 6. The van der Waals surface area contributed by atoms with Crippen molar-refractivity contribution in [3.8, 4) is 11.3 Å². The number of nitrogens with one attached hydrogen (secondary N) is 1. The molecule has 0 aliphatic carbocycles. The average Bonchev–Trinajstić information content (AvgIpc) is 3.48. The molecule has 0 bridgehead atoms. The van der Waals surface area contributed by atoms with E-state index in [-0.39, 0.29) is 11.5 Å². The molecule has 1 N–H and O–H groups in total. The maximum Gasteiger partial charge on any atom is 0.274 e. The molecule has 0 radical (unpaired) electrons. The Morgan fingerprint density at radius 1 is 1.06 bits per heavy atom. The van der Waals surface area contributed by atoms with E-state index in [9.17, 15) is 9.18 Å². The van der Waals surface area contributed by atoms with Gasteiger partial charge in [0.25, 0.3) is 5.91 Å². The number of aromatic nitrogens is 4. The summed E-state index contributed by atoms with van der Waals surface area (Å²) in [6.07, 6.45) is 5.00. The third-order valence-electron chi connectivity index (χ3n) is 5.19. The van der Waals surface area contributed by atoms with Crippen molar-refractivity contribution < 1.29 is 13.7 Å². The third kappa shape index (κ3) is 3.98. The van der Waals surface area contributed by atoms with Crippen LogP contribution in [0.2, 0.25) is 0 Å². The molecular weight excluding hydrogens is 409 g/mol. The predicted octanol–water partition coefficient (Wildman–Crippen LogP) is 4.40. The van der Waals surface area contributed by atoms with E-state index in [1.807, 2.05) is 28.8 Å². The van der Waals surface area contributed by atoms with Crippen LogP contribution in [0, 0.1) is 5.82 Å². The normalized spacial score (nSPS) is 12.0. The molecule has 0 spiro atoms. The molecule has 0 aliphatic heterocycles. The molecule has 1 amide bonds. The number of imidazole rings is 1. The van der Waals surface area contributed by atoms with E-state index in [1.54, 1.807) is 49.1 Å². The summed E-state index contributed by atoms with van der Waals surface area (Å²) >= 11 is 0. The minimum Gasteiger partial charge on any atom is -0.355 e. The molecule has 158 valence electrons. The second kappa shape index (κ2) is 8.43. The topological polar surface area (TPSA) is 85.8 Å². The highest BCUT2D eigenvalue weighted by molar-refractivity contribution is 5.93. The summed E-state index contributed by atoms with van der Waals surface area (Å²) in [5.74, 6) is -0.269. The molecule has 2 aromatic carbocycles.